The van der Waals surface area contributed by atoms with Crippen molar-refractivity contribution in [2.45, 2.75) is 55.9 Å². The number of aliphatic hydroxyl groups is 1. The molecule has 168 valence electrons. The molecular weight excluding hydrogens is 424 g/mol. The van der Waals surface area contributed by atoms with E-state index in [4.69, 9.17) is 0 Å². The fraction of sp³-hybridized carbons (Fsp3) is 0.421. The molecule has 0 bridgehead atoms. The van der Waals surface area contributed by atoms with E-state index in [1.807, 2.05) is 6.07 Å². The summed E-state index contributed by atoms with van der Waals surface area (Å²) in [5.41, 5.74) is 1.02. The van der Waals surface area contributed by atoms with E-state index in [-0.39, 0.29) is 16.5 Å². The predicted molar refractivity (Wildman–Crippen MR) is 124 cm³/mol. The highest BCUT2D eigenvalue weighted by atomic mass is 32.2. The molecule has 0 aromatic carbocycles. The fourth-order valence-electron chi connectivity index (χ4n) is 2.91. The van der Waals surface area contributed by atoms with Crippen LogP contribution in [0, 0.1) is 0 Å². The summed E-state index contributed by atoms with van der Waals surface area (Å²) >= 11 is 1.09. The van der Waals surface area contributed by atoms with Gasteiger partial charge in [0.05, 0.1) is 11.5 Å². The van der Waals surface area contributed by atoms with E-state index in [0.29, 0.717) is 33.8 Å². The summed E-state index contributed by atoms with van der Waals surface area (Å²) in [6.45, 7) is 5.13. The monoisotopic (exact) mass is 456 g/mol. The van der Waals surface area contributed by atoms with Gasteiger partial charge in [-0.25, -0.2) is 23.1 Å². The van der Waals surface area contributed by atoms with E-state index in [1.54, 1.807) is 32.9 Å². The molecule has 9 nitrogen and oxygen atoms in total. The Kier molecular flexibility index (Phi) is 5.39. The molecule has 3 aromatic rings. The second kappa shape index (κ2) is 7.73. The molecule has 0 amide bonds. The molecule has 11 heteroatoms. The SMILES string of the molecule is CC(C)(C)NS(=O)(=O)c1ccc(-c2ncc(CO)c(Nc3cc(C4CC4)[nH]n3)n2)s1.[HH].[HH].[HH].[HH]. The van der Waals surface area contributed by atoms with Crippen molar-refractivity contribution < 1.29 is 19.2 Å². The molecule has 0 radical (unpaired) electrons. The van der Waals surface area contributed by atoms with Crippen molar-refractivity contribution in [2.75, 3.05) is 5.32 Å². The topological polar surface area (TPSA) is 133 Å². The lowest BCUT2D eigenvalue weighted by molar-refractivity contribution is 0.281. The lowest BCUT2D eigenvalue weighted by Gasteiger charge is -2.19. The summed E-state index contributed by atoms with van der Waals surface area (Å²) in [7, 11) is -3.63. The number of aromatic nitrogens is 4. The van der Waals surface area contributed by atoms with Crippen LogP contribution >= 0.6 is 11.3 Å². The summed E-state index contributed by atoms with van der Waals surface area (Å²) in [6, 6.07) is 5.16. The minimum atomic E-state index is -3.63. The molecule has 3 aromatic heterocycles. The smallest absolute Gasteiger partial charge is 0.250 e. The van der Waals surface area contributed by atoms with Crippen molar-refractivity contribution in [1.29, 1.82) is 0 Å². The van der Waals surface area contributed by atoms with Crippen LogP contribution in [0.4, 0.5) is 11.6 Å². The minimum absolute atomic E-state index is 0. The van der Waals surface area contributed by atoms with Crippen LogP contribution in [0.25, 0.3) is 10.7 Å². The largest absolute Gasteiger partial charge is 0.391 e. The molecule has 4 N–H and O–H groups in total. The Labute approximate surface area is 185 Å². The molecule has 0 unspecified atom stereocenters. The maximum atomic E-state index is 12.6. The van der Waals surface area contributed by atoms with Gasteiger partial charge in [-0.2, -0.15) is 5.10 Å². The van der Waals surface area contributed by atoms with Gasteiger partial charge in [-0.05, 0) is 45.7 Å². The lowest BCUT2D eigenvalue weighted by atomic mass is 10.1. The van der Waals surface area contributed by atoms with Crippen LogP contribution in [-0.4, -0.2) is 39.2 Å². The van der Waals surface area contributed by atoms with Crippen LogP contribution in [-0.2, 0) is 16.6 Å². The normalized spacial score (nSPS) is 14.8. The maximum Gasteiger partial charge on any atom is 0.250 e. The van der Waals surface area contributed by atoms with Gasteiger partial charge < -0.3 is 10.4 Å². The Balaban J connectivity index is 0.00000272. The van der Waals surface area contributed by atoms with E-state index in [1.165, 1.54) is 6.20 Å². The van der Waals surface area contributed by atoms with E-state index in [2.05, 4.69) is 30.2 Å². The van der Waals surface area contributed by atoms with E-state index in [0.717, 1.165) is 29.9 Å². The summed E-state index contributed by atoms with van der Waals surface area (Å²) < 4.78 is 28.0. The van der Waals surface area contributed by atoms with Crippen molar-refractivity contribution in [3.05, 3.63) is 35.7 Å². The van der Waals surface area contributed by atoms with Crippen LogP contribution in [0.2, 0.25) is 0 Å². The van der Waals surface area contributed by atoms with Crippen LogP contribution in [0.5, 0.6) is 0 Å². The number of hydrogen-bond donors (Lipinski definition) is 4. The van der Waals surface area contributed by atoms with Gasteiger partial charge in [-0.3, -0.25) is 5.10 Å². The molecule has 3 heterocycles. The van der Waals surface area contributed by atoms with Crippen molar-refractivity contribution in [3.63, 3.8) is 0 Å². The van der Waals surface area contributed by atoms with Crippen molar-refractivity contribution in [2.24, 2.45) is 0 Å². The highest BCUT2D eigenvalue weighted by molar-refractivity contribution is 7.91. The molecule has 1 fully saturated rings. The zero-order valence-electron chi connectivity index (χ0n) is 16.9. The highest BCUT2D eigenvalue weighted by Gasteiger charge is 2.26. The summed E-state index contributed by atoms with van der Waals surface area (Å²) in [5, 5.41) is 20.1. The third kappa shape index (κ3) is 4.69. The lowest BCUT2D eigenvalue weighted by Crippen LogP contribution is -2.40. The van der Waals surface area contributed by atoms with Crippen molar-refractivity contribution >= 4 is 33.0 Å². The Morgan fingerprint density at radius 2 is 2.10 bits per heavy atom. The number of aliphatic hydroxyl groups excluding tert-OH is 1. The fourth-order valence-corrected chi connectivity index (χ4v) is 5.58. The Morgan fingerprint density at radius 3 is 2.77 bits per heavy atom. The van der Waals surface area contributed by atoms with Crippen LogP contribution in [0.3, 0.4) is 0 Å². The Hall–Kier alpha value is -2.34. The molecule has 0 atom stereocenters. The van der Waals surface area contributed by atoms with Gasteiger partial charge in [0.15, 0.2) is 11.6 Å². The standard InChI is InChI=1S/C19H24N6O3S2.4H2/c1-19(2,3)25-30(27,28)16-7-6-14(29-16)18-20-9-12(10-26)17(22-18)21-15-8-13(23-24-15)11-4-5-11;;;;/h6-9,11,25-26H,4-5,10H2,1-3H3,(H2,20,21,22,23,24);4*1H. The van der Waals surface area contributed by atoms with E-state index < -0.39 is 15.6 Å². The molecule has 1 saturated carbocycles. The first-order chi connectivity index (χ1) is 14.1. The summed E-state index contributed by atoms with van der Waals surface area (Å²) in [4.78, 5) is 9.41. The quantitative estimate of drug-likeness (QED) is 0.420. The van der Waals surface area contributed by atoms with Crippen molar-refractivity contribution in [3.8, 4) is 10.7 Å². The molecule has 4 rings (SSSR count). The number of aromatic amines is 1. The average Bonchev–Trinajstić information content (AvgIpc) is 3.19. The van der Waals surface area contributed by atoms with Gasteiger partial charge in [0.2, 0.25) is 0 Å². The van der Waals surface area contributed by atoms with Crippen LogP contribution in [0.15, 0.2) is 28.6 Å². The van der Waals surface area contributed by atoms with E-state index in [9.17, 15) is 13.5 Å². The number of hydrogen-bond acceptors (Lipinski definition) is 8. The summed E-state index contributed by atoms with van der Waals surface area (Å²) in [5.74, 6) is 1.96. The number of H-pyrrole nitrogens is 1. The van der Waals surface area contributed by atoms with Gasteiger partial charge in [-0.15, -0.1) is 11.3 Å². The first kappa shape index (κ1) is 20.9. The second-order valence-corrected chi connectivity index (χ2v) is 11.3. The zero-order chi connectivity index (χ0) is 21.5. The minimum Gasteiger partial charge on any atom is -0.391 e. The molecular formula is C19H32N6O3S2. The van der Waals surface area contributed by atoms with Gasteiger partial charge in [0.25, 0.3) is 10.0 Å². The first-order valence-corrected chi connectivity index (χ1v) is 11.9. The number of nitrogens with one attached hydrogen (secondary N) is 3. The van der Waals surface area contributed by atoms with Gasteiger partial charge in [-0.1, -0.05) is 0 Å². The number of thiophene rings is 1. The number of nitrogens with zero attached hydrogens (tertiary/aromatic N) is 3. The first-order valence-electron chi connectivity index (χ1n) is 9.58. The van der Waals surface area contributed by atoms with Crippen molar-refractivity contribution in [1.82, 2.24) is 24.9 Å². The van der Waals surface area contributed by atoms with Gasteiger partial charge >= 0.3 is 0 Å². The molecule has 0 spiro atoms. The maximum absolute atomic E-state index is 12.6. The van der Waals surface area contributed by atoms with E-state index >= 15 is 0 Å². The molecule has 1 aliphatic rings. The van der Waals surface area contributed by atoms with Gasteiger partial charge in [0, 0.05) is 40.7 Å². The molecule has 1 aliphatic carbocycles. The average molecular weight is 457 g/mol. The molecule has 0 aliphatic heterocycles. The summed E-state index contributed by atoms with van der Waals surface area (Å²) in [6.07, 6.45) is 3.85. The van der Waals surface area contributed by atoms with Crippen LogP contribution < -0.4 is 10.0 Å². The third-order valence-corrected chi connectivity index (χ3v) is 7.73. The number of anilines is 2. The predicted octanol–water partition coefficient (Wildman–Crippen LogP) is 4.10. The second-order valence-electron chi connectivity index (χ2n) is 8.31. The van der Waals surface area contributed by atoms with Gasteiger partial charge in [0.1, 0.15) is 10.0 Å². The number of sulfonamides is 1. The molecule has 30 heavy (non-hydrogen) atoms. The Bertz CT molecular complexity index is 1180. The molecule has 0 saturated heterocycles. The highest BCUT2D eigenvalue weighted by Crippen LogP contribution is 2.39. The Morgan fingerprint density at radius 1 is 1.33 bits per heavy atom. The van der Waals surface area contributed by atoms with Crippen LogP contribution in [0.1, 0.15) is 56.5 Å². The zero-order valence-corrected chi connectivity index (χ0v) is 18.6. The number of rotatable bonds is 7. The third-order valence-electron chi connectivity index (χ3n) is 4.40.